The Hall–Kier alpha value is -2.51. The van der Waals surface area contributed by atoms with Gasteiger partial charge in [-0.2, -0.15) is 5.01 Å². The van der Waals surface area contributed by atoms with Gasteiger partial charge in [-0.05, 0) is 6.92 Å². The first-order valence-electron chi connectivity index (χ1n) is 5.63. The summed E-state index contributed by atoms with van der Waals surface area (Å²) in [6, 6.07) is -1.07. The number of carbonyl (C=O) groups excluding carboxylic acids is 5. The molecule has 0 aromatic heterocycles. The molecule has 1 unspecified atom stereocenters. The summed E-state index contributed by atoms with van der Waals surface area (Å²) in [4.78, 5) is 58.1. The summed E-state index contributed by atoms with van der Waals surface area (Å²) in [6.07, 6.45) is 2.16. The third kappa shape index (κ3) is 2.24. The molecule has 0 radical (unpaired) electrons. The molecule has 5 amide bonds. The van der Waals surface area contributed by atoms with Crippen LogP contribution in [-0.4, -0.2) is 45.5 Å². The van der Waals surface area contributed by atoms with E-state index in [9.17, 15) is 24.0 Å². The summed E-state index contributed by atoms with van der Waals surface area (Å²) in [5.41, 5.74) is 2.08. The van der Waals surface area contributed by atoms with Crippen molar-refractivity contribution in [1.82, 2.24) is 15.3 Å². The minimum atomic E-state index is -1.07. The van der Waals surface area contributed by atoms with E-state index in [-0.39, 0.29) is 12.8 Å². The highest BCUT2D eigenvalue weighted by molar-refractivity contribution is 6.14. The van der Waals surface area contributed by atoms with E-state index in [4.69, 9.17) is 0 Å². The third-order valence-electron chi connectivity index (χ3n) is 2.89. The van der Waals surface area contributed by atoms with E-state index < -0.39 is 35.6 Å². The number of imide groups is 2. The minimum Gasteiger partial charge on any atom is -0.274 e. The molecule has 2 aliphatic rings. The number of hydrogen-bond acceptors (Lipinski definition) is 5. The van der Waals surface area contributed by atoms with Gasteiger partial charge in [0.05, 0.1) is 0 Å². The quantitative estimate of drug-likeness (QED) is 0.624. The molecule has 0 aliphatic carbocycles. The summed E-state index contributed by atoms with van der Waals surface area (Å²) in [7, 11) is 0. The molecular weight excluding hydrogens is 254 g/mol. The van der Waals surface area contributed by atoms with Gasteiger partial charge in [0.1, 0.15) is 6.04 Å². The Morgan fingerprint density at radius 3 is 2.05 bits per heavy atom. The molecule has 0 aromatic carbocycles. The molecule has 100 valence electrons. The number of carbonyl (C=O) groups is 5. The summed E-state index contributed by atoms with van der Waals surface area (Å²) in [6.45, 7) is 1.36. The van der Waals surface area contributed by atoms with E-state index in [1.54, 1.807) is 0 Å². The third-order valence-corrected chi connectivity index (χ3v) is 2.89. The molecule has 1 saturated heterocycles. The maximum atomic E-state index is 11.8. The van der Waals surface area contributed by atoms with Gasteiger partial charge in [0.15, 0.2) is 0 Å². The van der Waals surface area contributed by atoms with E-state index in [1.165, 1.54) is 6.92 Å². The van der Waals surface area contributed by atoms with Crippen LogP contribution in [-0.2, 0) is 24.0 Å². The number of likely N-dealkylation sites (tertiary alicyclic amines) is 1. The van der Waals surface area contributed by atoms with Crippen LogP contribution in [0.15, 0.2) is 12.2 Å². The zero-order valence-electron chi connectivity index (χ0n) is 10.1. The molecular formula is C11H11N3O5. The van der Waals surface area contributed by atoms with Crippen molar-refractivity contribution in [3.8, 4) is 0 Å². The van der Waals surface area contributed by atoms with Gasteiger partial charge in [-0.3, -0.25) is 34.3 Å². The number of nitrogens with one attached hydrogen (secondary N) is 1. The second-order valence-corrected chi connectivity index (χ2v) is 4.15. The molecule has 2 heterocycles. The van der Waals surface area contributed by atoms with Gasteiger partial charge in [0, 0.05) is 25.0 Å². The fraction of sp³-hybridized carbons (Fsp3) is 0.364. The van der Waals surface area contributed by atoms with Crippen LogP contribution in [0.4, 0.5) is 0 Å². The molecule has 0 aromatic rings. The second kappa shape index (κ2) is 4.63. The number of nitrogens with zero attached hydrogens (tertiary/aromatic N) is 2. The zero-order valence-corrected chi connectivity index (χ0v) is 10.1. The lowest BCUT2D eigenvalue weighted by Gasteiger charge is -2.24. The smallest absolute Gasteiger partial charge is 0.272 e. The van der Waals surface area contributed by atoms with E-state index in [0.717, 1.165) is 17.1 Å². The number of hydrogen-bond donors (Lipinski definition) is 1. The van der Waals surface area contributed by atoms with Crippen molar-refractivity contribution in [2.24, 2.45) is 0 Å². The highest BCUT2D eigenvalue weighted by Crippen LogP contribution is 2.15. The molecule has 1 atom stereocenters. The van der Waals surface area contributed by atoms with E-state index in [1.807, 2.05) is 0 Å². The van der Waals surface area contributed by atoms with Gasteiger partial charge < -0.3 is 0 Å². The SMILES string of the molecule is CC(C(=O)NN1C(=O)C=CC1=O)N1C(=O)CCC1=O. The highest BCUT2D eigenvalue weighted by atomic mass is 16.2. The predicted molar refractivity (Wildman–Crippen MR) is 59.7 cm³/mol. The average Bonchev–Trinajstić information content (AvgIpc) is 2.85. The molecule has 1 N–H and O–H groups in total. The maximum absolute atomic E-state index is 11.8. The Morgan fingerprint density at radius 1 is 1.11 bits per heavy atom. The Balaban J connectivity index is 2.04. The Bertz CT molecular complexity index is 490. The highest BCUT2D eigenvalue weighted by Gasteiger charge is 2.37. The van der Waals surface area contributed by atoms with Gasteiger partial charge in [-0.15, -0.1) is 0 Å². The summed E-state index contributed by atoms with van der Waals surface area (Å²) in [5.74, 6) is -3.00. The average molecular weight is 265 g/mol. The minimum absolute atomic E-state index is 0.0690. The monoisotopic (exact) mass is 265 g/mol. The zero-order chi connectivity index (χ0) is 14.2. The van der Waals surface area contributed by atoms with Gasteiger partial charge in [-0.1, -0.05) is 0 Å². The molecule has 8 nitrogen and oxygen atoms in total. The maximum Gasteiger partial charge on any atom is 0.272 e. The molecule has 0 bridgehead atoms. The van der Waals surface area contributed by atoms with Crippen molar-refractivity contribution in [3.05, 3.63) is 12.2 Å². The number of rotatable bonds is 3. The van der Waals surface area contributed by atoms with Crippen molar-refractivity contribution in [3.63, 3.8) is 0 Å². The van der Waals surface area contributed by atoms with Gasteiger partial charge >= 0.3 is 0 Å². The fourth-order valence-electron chi connectivity index (χ4n) is 1.86. The Morgan fingerprint density at radius 2 is 1.58 bits per heavy atom. The summed E-state index contributed by atoms with van der Waals surface area (Å²) < 4.78 is 0. The number of amides is 5. The molecule has 1 fully saturated rings. The Labute approximate surface area is 108 Å². The van der Waals surface area contributed by atoms with Crippen LogP contribution in [0.1, 0.15) is 19.8 Å². The van der Waals surface area contributed by atoms with Crippen LogP contribution < -0.4 is 5.43 Å². The lowest BCUT2D eigenvalue weighted by molar-refractivity contribution is -0.151. The van der Waals surface area contributed by atoms with Gasteiger partial charge in [0.2, 0.25) is 11.8 Å². The molecule has 2 aliphatic heterocycles. The van der Waals surface area contributed by atoms with Gasteiger partial charge in [-0.25, -0.2) is 0 Å². The standard InChI is InChI=1S/C11H11N3O5/c1-6(13-7(15)2-3-8(13)16)11(19)12-14-9(17)4-5-10(14)18/h4-6H,2-3H2,1H3,(H,12,19). The normalized spacial score (nSPS) is 20.5. The molecule has 8 heteroatoms. The lowest BCUT2D eigenvalue weighted by atomic mass is 10.3. The first-order valence-corrected chi connectivity index (χ1v) is 5.63. The molecule has 19 heavy (non-hydrogen) atoms. The molecule has 2 rings (SSSR count). The van der Waals surface area contributed by atoms with Crippen molar-refractivity contribution in [2.45, 2.75) is 25.8 Å². The van der Waals surface area contributed by atoms with E-state index >= 15 is 0 Å². The van der Waals surface area contributed by atoms with Gasteiger partial charge in [0.25, 0.3) is 17.7 Å². The number of hydrazine groups is 1. The first-order chi connectivity index (χ1) is 8.91. The van der Waals surface area contributed by atoms with Crippen molar-refractivity contribution < 1.29 is 24.0 Å². The fourth-order valence-corrected chi connectivity index (χ4v) is 1.86. The molecule has 0 spiro atoms. The van der Waals surface area contributed by atoms with E-state index in [0.29, 0.717) is 5.01 Å². The van der Waals surface area contributed by atoms with Crippen molar-refractivity contribution >= 4 is 29.5 Å². The Kier molecular flexibility index (Phi) is 3.16. The van der Waals surface area contributed by atoms with Crippen LogP contribution in [0.2, 0.25) is 0 Å². The van der Waals surface area contributed by atoms with Crippen molar-refractivity contribution in [2.75, 3.05) is 0 Å². The largest absolute Gasteiger partial charge is 0.274 e. The first kappa shape index (κ1) is 12.9. The summed E-state index contributed by atoms with van der Waals surface area (Å²) in [5, 5.41) is 0.532. The second-order valence-electron chi connectivity index (χ2n) is 4.15. The van der Waals surface area contributed by atoms with Crippen molar-refractivity contribution in [1.29, 1.82) is 0 Å². The van der Waals surface area contributed by atoms with Crippen LogP contribution >= 0.6 is 0 Å². The van der Waals surface area contributed by atoms with E-state index in [2.05, 4.69) is 5.43 Å². The van der Waals surface area contributed by atoms with Crippen LogP contribution in [0.5, 0.6) is 0 Å². The van der Waals surface area contributed by atoms with Crippen LogP contribution in [0.25, 0.3) is 0 Å². The summed E-state index contributed by atoms with van der Waals surface area (Å²) >= 11 is 0. The molecule has 0 saturated carbocycles. The topological polar surface area (TPSA) is 104 Å². The van der Waals surface area contributed by atoms with Crippen LogP contribution in [0.3, 0.4) is 0 Å². The predicted octanol–water partition coefficient (Wildman–Crippen LogP) is -1.52. The lowest BCUT2D eigenvalue weighted by Crippen LogP contribution is -2.54. The van der Waals surface area contributed by atoms with Crippen LogP contribution in [0, 0.1) is 0 Å².